The molecule has 1 aliphatic rings. The van der Waals surface area contributed by atoms with Crippen LogP contribution in [0, 0.1) is 0 Å². The lowest BCUT2D eigenvalue weighted by Crippen LogP contribution is -2.26. The van der Waals surface area contributed by atoms with E-state index in [1.807, 2.05) is 95.7 Å². The van der Waals surface area contributed by atoms with Gasteiger partial charge in [0.2, 0.25) is 17.8 Å². The number of imidazole rings is 1. The van der Waals surface area contributed by atoms with Gasteiger partial charge < -0.3 is 15.4 Å². The molecule has 0 fully saturated rings. The molecule has 8 heteroatoms. The molecule has 1 aromatic heterocycles. The van der Waals surface area contributed by atoms with Gasteiger partial charge in [-0.2, -0.15) is 0 Å². The highest BCUT2D eigenvalue weighted by Gasteiger charge is 2.28. The molecule has 2 amide bonds. The summed E-state index contributed by atoms with van der Waals surface area (Å²) in [6, 6.07) is 26.8. The summed E-state index contributed by atoms with van der Waals surface area (Å²) in [5.74, 6) is 0.712. The van der Waals surface area contributed by atoms with Gasteiger partial charge in [0.15, 0.2) is 0 Å². The molecule has 4 aromatic carbocycles. The maximum Gasteiger partial charge on any atom is 0.241 e. The Kier molecular flexibility index (Phi) is 5.54. The molecule has 6 rings (SSSR count). The summed E-state index contributed by atoms with van der Waals surface area (Å²) in [5.41, 5.74) is 3.60. The monoisotopic (exact) mass is 489 g/mol. The van der Waals surface area contributed by atoms with Crippen LogP contribution in [-0.4, -0.2) is 28.5 Å². The highest BCUT2D eigenvalue weighted by atomic mass is 16.5. The number of methoxy groups -OCH3 is 1. The van der Waals surface area contributed by atoms with Gasteiger partial charge in [-0.25, -0.2) is 4.98 Å². The zero-order valence-corrected chi connectivity index (χ0v) is 20.0. The number of benzene rings is 4. The van der Waals surface area contributed by atoms with Crippen LogP contribution in [-0.2, 0) is 9.59 Å². The van der Waals surface area contributed by atoms with Gasteiger partial charge in [0.05, 0.1) is 24.2 Å². The number of ether oxygens (including phenoxy) is 1. The number of anilines is 5. The van der Waals surface area contributed by atoms with Gasteiger partial charge in [-0.05, 0) is 47.9 Å². The van der Waals surface area contributed by atoms with Gasteiger partial charge in [0, 0.05) is 29.2 Å². The Morgan fingerprint density at radius 3 is 2.49 bits per heavy atom. The summed E-state index contributed by atoms with van der Waals surface area (Å²) in [6.07, 6.45) is 3.33. The molecule has 8 nitrogen and oxygen atoms in total. The van der Waals surface area contributed by atoms with Crippen LogP contribution in [0.3, 0.4) is 0 Å². The third-order valence-electron chi connectivity index (χ3n) is 6.35. The summed E-state index contributed by atoms with van der Waals surface area (Å²) in [4.78, 5) is 31.8. The van der Waals surface area contributed by atoms with Gasteiger partial charge in [-0.3, -0.25) is 19.1 Å². The molecule has 0 saturated carbocycles. The van der Waals surface area contributed by atoms with Crippen LogP contribution in [0.25, 0.3) is 16.5 Å². The van der Waals surface area contributed by atoms with Crippen molar-refractivity contribution in [1.82, 2.24) is 9.55 Å². The minimum atomic E-state index is -0.327. The molecule has 2 heterocycles. The van der Waals surface area contributed by atoms with Crippen molar-refractivity contribution < 1.29 is 14.3 Å². The van der Waals surface area contributed by atoms with Crippen LogP contribution >= 0.6 is 0 Å². The highest BCUT2D eigenvalue weighted by Crippen LogP contribution is 2.40. The lowest BCUT2D eigenvalue weighted by Gasteiger charge is -2.23. The number of carbonyl (C=O) groups excluding carboxylic acids is 2. The van der Waals surface area contributed by atoms with Crippen molar-refractivity contribution in [2.24, 2.45) is 0 Å². The second kappa shape index (κ2) is 9.16. The van der Waals surface area contributed by atoms with Gasteiger partial charge >= 0.3 is 0 Å². The molecular formula is C29H23N5O3. The van der Waals surface area contributed by atoms with E-state index < -0.39 is 0 Å². The highest BCUT2D eigenvalue weighted by molar-refractivity contribution is 6.21. The van der Waals surface area contributed by atoms with Crippen LogP contribution < -0.4 is 20.3 Å². The molecule has 2 N–H and O–H groups in total. The normalized spacial score (nSPS) is 13.2. The quantitative estimate of drug-likeness (QED) is 0.305. The van der Waals surface area contributed by atoms with E-state index in [4.69, 9.17) is 4.74 Å². The lowest BCUT2D eigenvalue weighted by atomic mass is 10.1. The number of nitrogens with one attached hydrogen (secondary N) is 2. The molecule has 0 spiro atoms. The third-order valence-corrected chi connectivity index (χ3v) is 6.35. The Hall–Kier alpha value is -5.11. The maximum absolute atomic E-state index is 13.2. The van der Waals surface area contributed by atoms with Crippen LogP contribution in [0.4, 0.5) is 28.7 Å². The average Bonchev–Trinajstić information content (AvgIpc) is 3.33. The van der Waals surface area contributed by atoms with Crippen molar-refractivity contribution in [3.8, 4) is 11.4 Å². The SMILES string of the molecule is COc1ccccc1Nc1nccn1-c1ccc(N2C(=O)CC(=O)Nc3c2ccc2ccccc32)cc1. The number of carbonyl (C=O) groups is 2. The number of para-hydroxylation sites is 2. The van der Waals surface area contributed by atoms with Crippen molar-refractivity contribution in [1.29, 1.82) is 0 Å². The smallest absolute Gasteiger partial charge is 0.241 e. The van der Waals surface area contributed by atoms with Crippen molar-refractivity contribution in [3.63, 3.8) is 0 Å². The van der Waals surface area contributed by atoms with E-state index in [9.17, 15) is 9.59 Å². The van der Waals surface area contributed by atoms with E-state index in [2.05, 4.69) is 15.6 Å². The molecule has 0 radical (unpaired) electrons. The summed E-state index contributed by atoms with van der Waals surface area (Å²) in [7, 11) is 1.62. The Bertz CT molecular complexity index is 1640. The first-order valence-corrected chi connectivity index (χ1v) is 11.8. The molecule has 0 aliphatic carbocycles. The van der Waals surface area contributed by atoms with Crippen molar-refractivity contribution in [2.75, 3.05) is 22.6 Å². The second-order valence-corrected chi connectivity index (χ2v) is 8.60. The average molecular weight is 490 g/mol. The van der Waals surface area contributed by atoms with Crippen LogP contribution in [0.1, 0.15) is 6.42 Å². The molecule has 37 heavy (non-hydrogen) atoms. The predicted molar refractivity (Wildman–Crippen MR) is 144 cm³/mol. The summed E-state index contributed by atoms with van der Waals surface area (Å²) < 4.78 is 7.35. The minimum Gasteiger partial charge on any atom is -0.495 e. The molecule has 0 unspecified atom stereocenters. The zero-order valence-electron chi connectivity index (χ0n) is 20.0. The fourth-order valence-corrected chi connectivity index (χ4v) is 4.63. The number of rotatable bonds is 5. The molecule has 5 aromatic rings. The molecule has 0 saturated heterocycles. The van der Waals surface area contributed by atoms with E-state index in [0.717, 1.165) is 22.1 Å². The largest absolute Gasteiger partial charge is 0.495 e. The van der Waals surface area contributed by atoms with E-state index in [0.29, 0.717) is 28.8 Å². The number of amides is 2. The van der Waals surface area contributed by atoms with E-state index in [-0.39, 0.29) is 18.2 Å². The molecule has 1 aliphatic heterocycles. The second-order valence-electron chi connectivity index (χ2n) is 8.60. The number of fused-ring (bicyclic) bond motifs is 3. The topological polar surface area (TPSA) is 88.5 Å². The van der Waals surface area contributed by atoms with Crippen LogP contribution in [0.2, 0.25) is 0 Å². The first-order valence-electron chi connectivity index (χ1n) is 11.8. The lowest BCUT2D eigenvalue weighted by molar-refractivity contribution is -0.124. The van der Waals surface area contributed by atoms with E-state index in [1.165, 1.54) is 0 Å². The third kappa shape index (κ3) is 4.04. The number of nitrogens with zero attached hydrogens (tertiary/aromatic N) is 3. The summed E-state index contributed by atoms with van der Waals surface area (Å²) in [6.45, 7) is 0. The van der Waals surface area contributed by atoms with Gasteiger partial charge in [0.1, 0.15) is 12.2 Å². The number of hydrogen-bond acceptors (Lipinski definition) is 5. The molecule has 182 valence electrons. The van der Waals surface area contributed by atoms with Crippen molar-refractivity contribution >= 4 is 51.3 Å². The van der Waals surface area contributed by atoms with Gasteiger partial charge in [-0.15, -0.1) is 0 Å². The maximum atomic E-state index is 13.2. The fraction of sp³-hybridized carbons (Fsp3) is 0.0690. The number of hydrogen-bond donors (Lipinski definition) is 2. The summed E-state index contributed by atoms with van der Waals surface area (Å²) in [5, 5.41) is 8.12. The van der Waals surface area contributed by atoms with E-state index in [1.54, 1.807) is 18.2 Å². The van der Waals surface area contributed by atoms with Gasteiger partial charge in [-0.1, -0.05) is 42.5 Å². The molecule has 0 atom stereocenters. The standard InChI is InChI=1S/C29H23N5O3/c1-37-25-9-5-4-8-23(25)31-29-30-16-17-33(29)20-11-13-21(14-12-20)34-24-15-10-19-6-2-3-7-22(19)28(24)32-26(35)18-27(34)36/h2-17H,18H2,1H3,(H,30,31)(H,32,35). The number of aromatic nitrogens is 2. The van der Waals surface area contributed by atoms with Crippen molar-refractivity contribution in [2.45, 2.75) is 6.42 Å². The Labute approximate surface area is 213 Å². The fourth-order valence-electron chi connectivity index (χ4n) is 4.63. The summed E-state index contributed by atoms with van der Waals surface area (Å²) >= 11 is 0. The predicted octanol–water partition coefficient (Wildman–Crippen LogP) is 5.78. The minimum absolute atomic E-state index is 0.237. The zero-order chi connectivity index (χ0) is 25.4. The van der Waals surface area contributed by atoms with Crippen LogP contribution in [0.5, 0.6) is 5.75 Å². The first-order chi connectivity index (χ1) is 18.1. The first kappa shape index (κ1) is 22.4. The van der Waals surface area contributed by atoms with E-state index >= 15 is 0 Å². The van der Waals surface area contributed by atoms with Crippen LogP contribution in [0.15, 0.2) is 97.3 Å². The Morgan fingerprint density at radius 2 is 1.65 bits per heavy atom. The Morgan fingerprint density at radius 1 is 0.892 bits per heavy atom. The Balaban J connectivity index is 1.37. The molecular weight excluding hydrogens is 466 g/mol. The molecule has 0 bridgehead atoms. The van der Waals surface area contributed by atoms with Crippen molar-refractivity contribution in [3.05, 3.63) is 97.3 Å². The van der Waals surface area contributed by atoms with Gasteiger partial charge in [0.25, 0.3) is 0 Å².